The molecule has 2 aromatic rings. The number of nitrogens with zero attached hydrogens (tertiary/aromatic N) is 3. The summed E-state index contributed by atoms with van der Waals surface area (Å²) in [5.41, 5.74) is 5.51. The third kappa shape index (κ3) is 3.95. The van der Waals surface area contributed by atoms with Crippen LogP contribution in [-0.4, -0.2) is 53.9 Å². The van der Waals surface area contributed by atoms with Gasteiger partial charge in [-0.3, -0.25) is 20.0 Å². The second-order valence-electron chi connectivity index (χ2n) is 8.78. The van der Waals surface area contributed by atoms with E-state index in [1.54, 1.807) is 18.2 Å². The number of fused-ring (bicyclic) bond motifs is 3. The molecule has 6 nitrogen and oxygen atoms in total. The van der Waals surface area contributed by atoms with Gasteiger partial charge in [0, 0.05) is 43.0 Å². The van der Waals surface area contributed by atoms with E-state index in [1.165, 1.54) is 23.2 Å². The molecule has 3 heterocycles. The molecule has 0 saturated carbocycles. The zero-order valence-corrected chi connectivity index (χ0v) is 17.8. The predicted octanol–water partition coefficient (Wildman–Crippen LogP) is 3.32. The lowest BCUT2D eigenvalue weighted by molar-refractivity contribution is -0.129. The number of carbonyl (C=O) groups is 2. The molecule has 168 valence electrons. The molecule has 0 aromatic heterocycles. The molecule has 0 spiro atoms. The fourth-order valence-electron chi connectivity index (χ4n) is 5.25. The number of hydrogen-bond acceptors (Lipinski definition) is 4. The van der Waals surface area contributed by atoms with Crippen molar-refractivity contribution in [1.82, 2.24) is 15.3 Å². The maximum atomic E-state index is 14.1. The second kappa shape index (κ2) is 8.50. The number of anilines is 2. The first kappa shape index (κ1) is 20.9. The minimum atomic E-state index is -0.270. The summed E-state index contributed by atoms with van der Waals surface area (Å²) in [6, 6.07) is 11.7. The van der Waals surface area contributed by atoms with Crippen molar-refractivity contribution in [3.63, 3.8) is 0 Å². The Morgan fingerprint density at radius 2 is 1.72 bits per heavy atom. The second-order valence-corrected chi connectivity index (χ2v) is 8.78. The van der Waals surface area contributed by atoms with Gasteiger partial charge in [0.15, 0.2) is 0 Å². The average Bonchev–Trinajstić information content (AvgIpc) is 3.27. The smallest absolute Gasteiger partial charge is 0.250 e. The molecular weight excluding hydrogens is 414 g/mol. The Balaban J connectivity index is 1.25. The van der Waals surface area contributed by atoms with Crippen molar-refractivity contribution in [2.24, 2.45) is 0 Å². The van der Waals surface area contributed by atoms with Crippen molar-refractivity contribution in [3.05, 3.63) is 59.7 Å². The number of unbranched alkanes of at least 4 members (excludes halogenated alkanes) is 1. The van der Waals surface area contributed by atoms with Gasteiger partial charge in [-0.2, -0.15) is 0 Å². The van der Waals surface area contributed by atoms with Gasteiger partial charge in [-0.1, -0.05) is 0 Å². The van der Waals surface area contributed by atoms with E-state index < -0.39 is 0 Å². The first-order valence-electron chi connectivity index (χ1n) is 11.2. The van der Waals surface area contributed by atoms with Gasteiger partial charge in [-0.05, 0) is 73.8 Å². The van der Waals surface area contributed by atoms with E-state index in [0.717, 1.165) is 55.8 Å². The van der Waals surface area contributed by atoms with Crippen molar-refractivity contribution in [3.8, 4) is 0 Å². The highest BCUT2D eigenvalue weighted by molar-refractivity contribution is 6.02. The van der Waals surface area contributed by atoms with Gasteiger partial charge in [0.05, 0.1) is 0 Å². The van der Waals surface area contributed by atoms with E-state index in [2.05, 4.69) is 15.2 Å². The van der Waals surface area contributed by atoms with Crippen LogP contribution in [0.1, 0.15) is 37.2 Å². The SMILES string of the molecule is O=C1CC(=O)N(CCCCN2CCC3C(C2)c2cc(F)ccc2N3c2ccc(F)cc2)N1. The molecule has 0 radical (unpaired) electrons. The summed E-state index contributed by atoms with van der Waals surface area (Å²) in [7, 11) is 0. The summed E-state index contributed by atoms with van der Waals surface area (Å²) in [4.78, 5) is 27.6. The van der Waals surface area contributed by atoms with Crippen LogP contribution >= 0.6 is 0 Å². The molecule has 8 heteroatoms. The van der Waals surface area contributed by atoms with Gasteiger partial charge in [0.2, 0.25) is 11.8 Å². The summed E-state index contributed by atoms with van der Waals surface area (Å²) < 4.78 is 27.6. The number of benzene rings is 2. The summed E-state index contributed by atoms with van der Waals surface area (Å²) in [6.07, 6.45) is 2.59. The van der Waals surface area contributed by atoms with Gasteiger partial charge < -0.3 is 9.80 Å². The third-order valence-corrected chi connectivity index (χ3v) is 6.72. The molecule has 0 bridgehead atoms. The van der Waals surface area contributed by atoms with Crippen LogP contribution in [0.4, 0.5) is 20.2 Å². The van der Waals surface area contributed by atoms with Crippen molar-refractivity contribution < 1.29 is 18.4 Å². The Morgan fingerprint density at radius 1 is 0.969 bits per heavy atom. The summed E-state index contributed by atoms with van der Waals surface area (Å²) in [6.45, 7) is 3.17. The van der Waals surface area contributed by atoms with Gasteiger partial charge in [0.1, 0.15) is 18.1 Å². The minimum Gasteiger partial charge on any atom is -0.337 e. The number of halogens is 2. The van der Waals surface area contributed by atoms with Crippen LogP contribution in [0.15, 0.2) is 42.5 Å². The summed E-state index contributed by atoms with van der Waals surface area (Å²) >= 11 is 0. The minimum absolute atomic E-state index is 0.0598. The van der Waals surface area contributed by atoms with Crippen LogP contribution in [0.2, 0.25) is 0 Å². The van der Waals surface area contributed by atoms with Crippen LogP contribution in [0, 0.1) is 11.6 Å². The molecule has 2 fully saturated rings. The van der Waals surface area contributed by atoms with Crippen LogP contribution in [0.25, 0.3) is 0 Å². The lowest BCUT2D eigenvalue weighted by Crippen LogP contribution is -2.45. The Morgan fingerprint density at radius 3 is 2.47 bits per heavy atom. The topological polar surface area (TPSA) is 55.9 Å². The van der Waals surface area contributed by atoms with Crippen molar-refractivity contribution >= 4 is 23.2 Å². The van der Waals surface area contributed by atoms with Crippen molar-refractivity contribution in [1.29, 1.82) is 0 Å². The molecule has 2 amide bonds. The summed E-state index contributed by atoms with van der Waals surface area (Å²) in [5.74, 6) is -0.734. The van der Waals surface area contributed by atoms with Gasteiger partial charge in [0.25, 0.3) is 0 Å². The van der Waals surface area contributed by atoms with Crippen molar-refractivity contribution in [2.75, 3.05) is 31.1 Å². The fourth-order valence-corrected chi connectivity index (χ4v) is 5.25. The molecule has 3 aliphatic rings. The molecule has 2 unspecified atom stereocenters. The molecule has 2 atom stereocenters. The van der Waals surface area contributed by atoms with Gasteiger partial charge in [-0.25, -0.2) is 8.78 Å². The maximum absolute atomic E-state index is 14.1. The van der Waals surface area contributed by atoms with Crippen LogP contribution < -0.4 is 10.3 Å². The number of nitrogens with one attached hydrogen (secondary N) is 1. The van der Waals surface area contributed by atoms with Crippen LogP contribution in [0.3, 0.4) is 0 Å². The number of carbonyl (C=O) groups excluding carboxylic acids is 2. The first-order chi connectivity index (χ1) is 15.5. The molecule has 0 aliphatic carbocycles. The molecule has 32 heavy (non-hydrogen) atoms. The lowest BCUT2D eigenvalue weighted by Gasteiger charge is -2.39. The molecule has 1 N–H and O–H groups in total. The standard InChI is InChI=1S/C24H26F2N4O2/c25-16-3-6-18(7-4-16)30-21-8-5-17(26)13-19(21)20-15-28(12-9-22(20)30)10-1-2-11-29-24(32)14-23(31)27-29/h3-8,13,20,22H,1-2,9-12,14-15H2,(H,27,31). The molecule has 3 aliphatic heterocycles. The lowest BCUT2D eigenvalue weighted by atomic mass is 9.89. The number of hydrogen-bond donors (Lipinski definition) is 1. The number of likely N-dealkylation sites (tertiary alicyclic amines) is 1. The number of amides is 2. The predicted molar refractivity (Wildman–Crippen MR) is 116 cm³/mol. The first-order valence-corrected chi connectivity index (χ1v) is 11.2. The Kier molecular flexibility index (Phi) is 5.55. The average molecular weight is 440 g/mol. The van der Waals surface area contributed by atoms with Crippen LogP contribution in [0.5, 0.6) is 0 Å². The van der Waals surface area contributed by atoms with Crippen LogP contribution in [-0.2, 0) is 9.59 Å². The van der Waals surface area contributed by atoms with E-state index in [-0.39, 0.29) is 41.8 Å². The number of hydrazine groups is 1. The van der Waals surface area contributed by atoms with E-state index in [9.17, 15) is 18.4 Å². The van der Waals surface area contributed by atoms with E-state index in [1.807, 2.05) is 6.07 Å². The quantitative estimate of drug-likeness (QED) is 0.553. The zero-order valence-electron chi connectivity index (χ0n) is 17.8. The zero-order chi connectivity index (χ0) is 22.2. The highest BCUT2D eigenvalue weighted by atomic mass is 19.1. The third-order valence-electron chi connectivity index (χ3n) is 6.72. The Hall–Kier alpha value is -3.00. The molecular formula is C24H26F2N4O2. The maximum Gasteiger partial charge on any atom is 0.250 e. The Labute approximate surface area is 185 Å². The summed E-state index contributed by atoms with van der Waals surface area (Å²) in [5, 5.41) is 1.41. The molecule has 2 aromatic carbocycles. The molecule has 5 rings (SSSR count). The van der Waals surface area contributed by atoms with E-state index in [4.69, 9.17) is 0 Å². The Bertz CT molecular complexity index is 1030. The van der Waals surface area contributed by atoms with E-state index >= 15 is 0 Å². The fraction of sp³-hybridized carbons (Fsp3) is 0.417. The van der Waals surface area contributed by atoms with Gasteiger partial charge >= 0.3 is 0 Å². The highest BCUT2D eigenvalue weighted by Gasteiger charge is 2.42. The largest absolute Gasteiger partial charge is 0.337 e. The number of rotatable bonds is 6. The van der Waals surface area contributed by atoms with E-state index in [0.29, 0.717) is 6.54 Å². The molecule has 2 saturated heterocycles. The normalized spacial score (nSPS) is 22.8. The van der Waals surface area contributed by atoms with Crippen molar-refractivity contribution in [2.45, 2.75) is 37.6 Å². The van der Waals surface area contributed by atoms with Gasteiger partial charge in [-0.15, -0.1) is 0 Å². The number of piperidine rings is 1. The highest BCUT2D eigenvalue weighted by Crippen LogP contribution is 2.48. The monoisotopic (exact) mass is 440 g/mol.